The number of nitrogens with zero attached hydrogens (tertiary/aromatic N) is 4. The first-order valence-corrected chi connectivity index (χ1v) is 23.7. The van der Waals surface area contributed by atoms with Gasteiger partial charge in [0.2, 0.25) is 0 Å². The van der Waals surface area contributed by atoms with Gasteiger partial charge in [-0.2, -0.15) is 0 Å². The van der Waals surface area contributed by atoms with Gasteiger partial charge in [0.1, 0.15) is 22.7 Å². The minimum Gasteiger partial charge on any atom is -0.457 e. The summed E-state index contributed by atoms with van der Waals surface area (Å²) in [6.07, 6.45) is 0. The van der Waals surface area contributed by atoms with Gasteiger partial charge in [-0.15, -0.1) is 0 Å². The van der Waals surface area contributed by atoms with Gasteiger partial charge < -0.3 is 13.7 Å². The summed E-state index contributed by atoms with van der Waals surface area (Å²) in [6.45, 7) is 0. The van der Waals surface area contributed by atoms with E-state index in [-0.39, 0.29) is 0 Å². The highest BCUT2D eigenvalue weighted by Crippen LogP contribution is 2.64. The highest BCUT2D eigenvalue weighted by molar-refractivity contribution is 6.25. The van der Waals surface area contributed by atoms with Crippen LogP contribution in [0.2, 0.25) is 0 Å². The summed E-state index contributed by atoms with van der Waals surface area (Å²) in [5.41, 5.74) is 15.8. The maximum Gasteiger partial charge on any atom is 0.164 e. The summed E-state index contributed by atoms with van der Waals surface area (Å²) in [5, 5.41) is 4.42. The molecule has 0 saturated carbocycles. The van der Waals surface area contributed by atoms with Gasteiger partial charge in [0.15, 0.2) is 17.5 Å². The zero-order chi connectivity index (χ0) is 45.9. The summed E-state index contributed by atoms with van der Waals surface area (Å²) in [6, 6.07) is 81.3. The van der Waals surface area contributed by atoms with Gasteiger partial charge in [-0.25, -0.2) is 15.0 Å². The Balaban J connectivity index is 1.10. The van der Waals surface area contributed by atoms with Crippen molar-refractivity contribution in [2.75, 3.05) is 0 Å². The number of aromatic nitrogens is 4. The Morgan fingerprint density at radius 1 is 0.371 bits per heavy atom. The monoisotopic (exact) mass is 894 g/mol. The Morgan fingerprint density at radius 3 is 1.67 bits per heavy atom. The molecule has 6 nitrogen and oxygen atoms in total. The lowest BCUT2D eigenvalue weighted by Gasteiger charge is -2.39. The fourth-order valence-corrected chi connectivity index (χ4v) is 11.7. The first kappa shape index (κ1) is 38.7. The van der Waals surface area contributed by atoms with Crippen molar-refractivity contribution in [2.45, 2.75) is 5.41 Å². The molecule has 2 aliphatic rings. The molecule has 0 unspecified atom stereocenters. The van der Waals surface area contributed by atoms with E-state index < -0.39 is 5.41 Å². The molecule has 0 radical (unpaired) electrons. The molecule has 0 amide bonds. The van der Waals surface area contributed by atoms with Crippen molar-refractivity contribution in [1.82, 2.24) is 19.5 Å². The van der Waals surface area contributed by atoms with Gasteiger partial charge in [-0.05, 0) is 76.3 Å². The van der Waals surface area contributed by atoms with E-state index in [1.54, 1.807) is 0 Å². The van der Waals surface area contributed by atoms with Crippen molar-refractivity contribution in [3.63, 3.8) is 0 Å². The highest BCUT2D eigenvalue weighted by atomic mass is 16.5. The molecular weight excluding hydrogens is 857 g/mol. The Hall–Kier alpha value is -9.39. The van der Waals surface area contributed by atoms with E-state index in [1.807, 2.05) is 42.5 Å². The lowest BCUT2D eigenvalue weighted by molar-refractivity contribution is 0.436. The van der Waals surface area contributed by atoms with Crippen molar-refractivity contribution >= 4 is 43.7 Å². The second-order valence-electron chi connectivity index (χ2n) is 18.2. The molecule has 0 N–H and O–H groups in total. The highest BCUT2D eigenvalue weighted by Gasteiger charge is 2.52. The maximum atomic E-state index is 6.83. The predicted octanol–water partition coefficient (Wildman–Crippen LogP) is 16.0. The summed E-state index contributed by atoms with van der Waals surface area (Å²) in [7, 11) is 0. The topological polar surface area (TPSA) is 66.0 Å². The molecule has 6 heteroatoms. The SMILES string of the molecule is c1ccc(-c2nc(-c3ccccc3)nc(-c3cccc4c3-c3cc(-c5c6c(cc7c8ccccc8n(-c8ccccc8)c57)oc5ccccc56)ccc3C43c4ccccc4Oc4ccccc43)n2)cc1. The molecule has 0 fully saturated rings. The molecule has 1 aliphatic heterocycles. The maximum absolute atomic E-state index is 6.83. The van der Waals surface area contributed by atoms with Gasteiger partial charge in [0.25, 0.3) is 0 Å². The molecule has 70 heavy (non-hydrogen) atoms. The van der Waals surface area contributed by atoms with Gasteiger partial charge in [-0.3, -0.25) is 0 Å². The Labute approximate surface area is 402 Å². The number of hydrogen-bond acceptors (Lipinski definition) is 5. The van der Waals surface area contributed by atoms with Gasteiger partial charge in [0.05, 0.1) is 16.4 Å². The molecule has 3 aromatic heterocycles. The van der Waals surface area contributed by atoms with Crippen LogP contribution >= 0.6 is 0 Å². The van der Waals surface area contributed by atoms with Crippen LogP contribution in [0, 0.1) is 0 Å². The molecule has 326 valence electrons. The molecule has 1 spiro atoms. The van der Waals surface area contributed by atoms with Gasteiger partial charge in [0, 0.05) is 60.6 Å². The predicted molar refractivity (Wildman–Crippen MR) is 281 cm³/mol. The van der Waals surface area contributed by atoms with Crippen molar-refractivity contribution < 1.29 is 9.15 Å². The molecule has 15 rings (SSSR count). The zero-order valence-electron chi connectivity index (χ0n) is 37.5. The average molecular weight is 895 g/mol. The number of benzene rings is 10. The zero-order valence-corrected chi connectivity index (χ0v) is 37.5. The quantitative estimate of drug-likeness (QED) is 0.172. The summed E-state index contributed by atoms with van der Waals surface area (Å²) in [5.74, 6) is 3.48. The normalized spacial score (nSPS) is 13.1. The Bertz CT molecular complexity index is 4170. The minimum absolute atomic E-state index is 0.598. The first-order chi connectivity index (χ1) is 34.7. The molecule has 0 bridgehead atoms. The molecule has 13 aromatic rings. The number of fused-ring (bicyclic) bond motifs is 15. The van der Waals surface area contributed by atoms with Crippen LogP contribution in [-0.4, -0.2) is 19.5 Å². The number of furan rings is 1. The Morgan fingerprint density at radius 2 is 0.957 bits per heavy atom. The fraction of sp³-hybridized carbons (Fsp3) is 0.0156. The smallest absolute Gasteiger partial charge is 0.164 e. The van der Waals surface area contributed by atoms with E-state index in [0.717, 1.165) is 122 Å². The van der Waals surface area contributed by atoms with E-state index >= 15 is 0 Å². The van der Waals surface area contributed by atoms with E-state index in [4.69, 9.17) is 24.1 Å². The van der Waals surface area contributed by atoms with Crippen LogP contribution in [0.15, 0.2) is 235 Å². The van der Waals surface area contributed by atoms with Crippen molar-refractivity contribution in [3.05, 3.63) is 253 Å². The number of rotatable bonds is 5. The van der Waals surface area contributed by atoms with Crippen LogP contribution in [0.5, 0.6) is 11.5 Å². The summed E-state index contributed by atoms with van der Waals surface area (Å²) in [4.78, 5) is 15.8. The van der Waals surface area contributed by atoms with Crippen LogP contribution in [0.4, 0.5) is 0 Å². The van der Waals surface area contributed by atoms with Crippen LogP contribution in [-0.2, 0) is 5.41 Å². The number of ether oxygens (including phenoxy) is 1. The summed E-state index contributed by atoms with van der Waals surface area (Å²) >= 11 is 0. The lowest BCUT2D eigenvalue weighted by atomic mass is 9.66. The van der Waals surface area contributed by atoms with E-state index in [2.05, 4.69) is 193 Å². The molecule has 0 atom stereocenters. The largest absolute Gasteiger partial charge is 0.457 e. The van der Waals surface area contributed by atoms with Crippen LogP contribution in [0.1, 0.15) is 22.3 Å². The third kappa shape index (κ3) is 5.41. The van der Waals surface area contributed by atoms with Crippen LogP contribution < -0.4 is 4.74 Å². The van der Waals surface area contributed by atoms with Gasteiger partial charge in [-0.1, -0.05) is 182 Å². The van der Waals surface area contributed by atoms with Gasteiger partial charge >= 0.3 is 0 Å². The van der Waals surface area contributed by atoms with Crippen LogP contribution in [0.25, 0.3) is 106 Å². The molecule has 10 aromatic carbocycles. The van der Waals surface area contributed by atoms with E-state index in [1.165, 1.54) is 0 Å². The fourth-order valence-electron chi connectivity index (χ4n) is 11.7. The Kier molecular flexibility index (Phi) is 8.18. The third-order valence-corrected chi connectivity index (χ3v) is 14.5. The van der Waals surface area contributed by atoms with E-state index in [9.17, 15) is 0 Å². The molecule has 0 saturated heterocycles. The average Bonchev–Trinajstić information content (AvgIpc) is 4.07. The minimum atomic E-state index is -0.745. The first-order valence-electron chi connectivity index (χ1n) is 23.7. The van der Waals surface area contributed by atoms with E-state index in [0.29, 0.717) is 17.5 Å². The second kappa shape index (κ2) is 14.8. The second-order valence-corrected chi connectivity index (χ2v) is 18.2. The lowest BCUT2D eigenvalue weighted by Crippen LogP contribution is -2.32. The molecular formula is C64H38N4O2. The molecule has 4 heterocycles. The van der Waals surface area contributed by atoms with Crippen molar-refractivity contribution in [3.8, 4) is 73.6 Å². The summed E-state index contributed by atoms with van der Waals surface area (Å²) < 4.78 is 16.1. The van der Waals surface area contributed by atoms with Crippen molar-refractivity contribution in [2.24, 2.45) is 0 Å². The number of para-hydroxylation sites is 5. The third-order valence-electron chi connectivity index (χ3n) is 14.5. The molecule has 1 aliphatic carbocycles. The number of hydrogen-bond donors (Lipinski definition) is 0. The van der Waals surface area contributed by atoms with Crippen molar-refractivity contribution in [1.29, 1.82) is 0 Å². The standard InChI is InChI=1S/C64H38N4O2/c1-4-19-39(20-5-1)61-65-62(40-21-6-2-7-22-40)67-63(66-61)45-27-18-30-51-58(45)47-37-41(35-36-48(47)64(51)49-28-12-16-33-54(49)70-55-34-17-13-29-50(55)64)57-59-44-26-11-15-32-53(44)69-56(59)38-46-43-25-10-14-31-52(43)68(60(46)57)42-23-8-3-9-24-42/h1-38H. The van der Waals surface area contributed by atoms with Crippen LogP contribution in [0.3, 0.4) is 0 Å².